The lowest BCUT2D eigenvalue weighted by Gasteiger charge is -2.15. The molecule has 4 rings (SSSR count). The molecule has 1 atom stereocenters. The van der Waals surface area contributed by atoms with Gasteiger partial charge in [-0.05, 0) is 48.9 Å². The van der Waals surface area contributed by atoms with Gasteiger partial charge in [-0.2, -0.15) is 5.10 Å². The Morgan fingerprint density at radius 2 is 1.80 bits per heavy atom. The maximum atomic E-state index is 13.5. The normalized spacial score (nSPS) is 12.0. The van der Waals surface area contributed by atoms with Crippen LogP contribution in [-0.4, -0.2) is 20.5 Å². The van der Waals surface area contributed by atoms with Crippen LogP contribution in [-0.2, 0) is 0 Å². The SMILES string of the molecule is CC(Nc1ccn2ncc(C(=O)Nc3cccc(F)c3)c2n1)c1cc(F)cc(F)c1. The number of amides is 1. The molecule has 0 fully saturated rings. The Morgan fingerprint density at radius 3 is 2.53 bits per heavy atom. The van der Waals surface area contributed by atoms with E-state index in [4.69, 9.17) is 0 Å². The van der Waals surface area contributed by atoms with E-state index in [-0.39, 0.29) is 11.2 Å². The first-order valence-electron chi connectivity index (χ1n) is 9.03. The fraction of sp³-hybridized carbons (Fsp3) is 0.0952. The molecule has 0 bridgehead atoms. The molecule has 2 aromatic carbocycles. The summed E-state index contributed by atoms with van der Waals surface area (Å²) in [5.41, 5.74) is 1.17. The second-order valence-corrected chi connectivity index (χ2v) is 6.67. The van der Waals surface area contributed by atoms with Crippen molar-refractivity contribution in [1.82, 2.24) is 14.6 Å². The van der Waals surface area contributed by atoms with Crippen molar-refractivity contribution < 1.29 is 18.0 Å². The number of rotatable bonds is 5. The van der Waals surface area contributed by atoms with Gasteiger partial charge in [0, 0.05) is 18.0 Å². The molecule has 6 nitrogen and oxygen atoms in total. The highest BCUT2D eigenvalue weighted by molar-refractivity contribution is 6.08. The number of hydrogen-bond acceptors (Lipinski definition) is 4. The Labute approximate surface area is 169 Å². The van der Waals surface area contributed by atoms with Crippen molar-refractivity contribution in [3.8, 4) is 0 Å². The first kappa shape index (κ1) is 19.4. The monoisotopic (exact) mass is 411 g/mol. The van der Waals surface area contributed by atoms with Crippen LogP contribution in [0, 0.1) is 17.5 Å². The Hall–Kier alpha value is -3.88. The lowest BCUT2D eigenvalue weighted by atomic mass is 10.1. The third kappa shape index (κ3) is 4.09. The number of halogens is 3. The van der Waals surface area contributed by atoms with Gasteiger partial charge in [0.1, 0.15) is 28.8 Å². The smallest absolute Gasteiger partial charge is 0.261 e. The predicted octanol–water partition coefficient (Wildman–Crippen LogP) is 4.57. The van der Waals surface area contributed by atoms with E-state index in [0.717, 1.165) is 6.07 Å². The molecule has 0 saturated carbocycles. The number of nitrogens with zero attached hydrogens (tertiary/aromatic N) is 3. The zero-order chi connectivity index (χ0) is 21.3. The molecular formula is C21H16F3N5O. The highest BCUT2D eigenvalue weighted by atomic mass is 19.1. The summed E-state index contributed by atoms with van der Waals surface area (Å²) >= 11 is 0. The van der Waals surface area contributed by atoms with Crippen molar-refractivity contribution in [3.63, 3.8) is 0 Å². The molecule has 0 aliphatic heterocycles. The van der Waals surface area contributed by atoms with E-state index in [0.29, 0.717) is 17.1 Å². The largest absolute Gasteiger partial charge is 0.363 e. The lowest BCUT2D eigenvalue weighted by Crippen LogP contribution is -2.13. The van der Waals surface area contributed by atoms with Gasteiger partial charge in [-0.1, -0.05) is 6.07 Å². The van der Waals surface area contributed by atoms with E-state index >= 15 is 0 Å². The number of hydrogen-bond donors (Lipinski definition) is 2. The summed E-state index contributed by atoms with van der Waals surface area (Å²) in [4.78, 5) is 17.0. The Kier molecular flexibility index (Phi) is 5.09. The minimum atomic E-state index is -0.672. The summed E-state index contributed by atoms with van der Waals surface area (Å²) in [6, 6.07) is 9.96. The molecule has 2 aromatic heterocycles. The molecule has 9 heteroatoms. The van der Waals surface area contributed by atoms with Crippen LogP contribution in [0.3, 0.4) is 0 Å². The predicted molar refractivity (Wildman–Crippen MR) is 106 cm³/mol. The third-order valence-corrected chi connectivity index (χ3v) is 4.45. The van der Waals surface area contributed by atoms with Crippen LogP contribution >= 0.6 is 0 Å². The second kappa shape index (κ2) is 7.86. The second-order valence-electron chi connectivity index (χ2n) is 6.67. The van der Waals surface area contributed by atoms with Crippen LogP contribution in [0.4, 0.5) is 24.7 Å². The van der Waals surface area contributed by atoms with Crippen molar-refractivity contribution in [1.29, 1.82) is 0 Å². The highest BCUT2D eigenvalue weighted by Crippen LogP contribution is 2.21. The van der Waals surface area contributed by atoms with Gasteiger partial charge in [0.2, 0.25) is 0 Å². The molecule has 0 spiro atoms. The van der Waals surface area contributed by atoms with Gasteiger partial charge < -0.3 is 10.6 Å². The molecule has 30 heavy (non-hydrogen) atoms. The first-order chi connectivity index (χ1) is 14.4. The van der Waals surface area contributed by atoms with E-state index in [2.05, 4.69) is 20.7 Å². The number of nitrogens with one attached hydrogen (secondary N) is 2. The fourth-order valence-corrected chi connectivity index (χ4v) is 3.00. The summed E-state index contributed by atoms with van der Waals surface area (Å²) in [5, 5.41) is 9.74. The minimum Gasteiger partial charge on any atom is -0.363 e. The highest BCUT2D eigenvalue weighted by Gasteiger charge is 2.16. The summed E-state index contributed by atoms with van der Waals surface area (Å²) < 4.78 is 41.7. The average Bonchev–Trinajstić information content (AvgIpc) is 3.10. The van der Waals surface area contributed by atoms with Crippen LogP contribution in [0.15, 0.2) is 60.9 Å². The number of fused-ring (bicyclic) bond motifs is 1. The fourth-order valence-electron chi connectivity index (χ4n) is 3.00. The summed E-state index contributed by atoms with van der Waals surface area (Å²) in [5.74, 6) is -1.93. The summed E-state index contributed by atoms with van der Waals surface area (Å²) in [7, 11) is 0. The van der Waals surface area contributed by atoms with Gasteiger partial charge in [0.05, 0.1) is 12.2 Å². The maximum absolute atomic E-state index is 13.5. The summed E-state index contributed by atoms with van der Waals surface area (Å²) in [6.45, 7) is 1.73. The van der Waals surface area contributed by atoms with Gasteiger partial charge in [-0.3, -0.25) is 4.79 Å². The number of aromatic nitrogens is 3. The molecule has 2 N–H and O–H groups in total. The van der Waals surface area contributed by atoms with Crippen molar-refractivity contribution in [3.05, 3.63) is 89.5 Å². The average molecular weight is 411 g/mol. The van der Waals surface area contributed by atoms with E-state index in [1.807, 2.05) is 0 Å². The standard InChI is InChI=1S/C21H16F3N5O/c1-12(13-7-15(23)9-16(24)8-13)26-19-5-6-29-20(28-19)18(11-25-29)21(30)27-17-4-2-3-14(22)10-17/h2-12H,1H3,(H,26,28)(H,27,30). The lowest BCUT2D eigenvalue weighted by molar-refractivity contribution is 0.102. The molecule has 0 radical (unpaired) electrons. The van der Waals surface area contributed by atoms with Crippen LogP contribution in [0.2, 0.25) is 0 Å². The zero-order valence-corrected chi connectivity index (χ0v) is 15.7. The number of benzene rings is 2. The molecule has 0 aliphatic carbocycles. The molecule has 1 amide bonds. The van der Waals surface area contributed by atoms with Gasteiger partial charge in [-0.15, -0.1) is 0 Å². The topological polar surface area (TPSA) is 71.3 Å². The number of carbonyl (C=O) groups excluding carboxylic acids is 1. The van der Waals surface area contributed by atoms with E-state index < -0.39 is 29.4 Å². The van der Waals surface area contributed by atoms with Gasteiger partial charge in [-0.25, -0.2) is 22.7 Å². The zero-order valence-electron chi connectivity index (χ0n) is 15.7. The quantitative estimate of drug-likeness (QED) is 0.505. The van der Waals surface area contributed by atoms with Crippen LogP contribution in [0.1, 0.15) is 28.9 Å². The maximum Gasteiger partial charge on any atom is 0.261 e. The third-order valence-electron chi connectivity index (χ3n) is 4.45. The number of carbonyl (C=O) groups is 1. The van der Waals surface area contributed by atoms with Gasteiger partial charge in [0.15, 0.2) is 5.65 Å². The van der Waals surface area contributed by atoms with Crippen molar-refractivity contribution in [2.45, 2.75) is 13.0 Å². The first-order valence-corrected chi connectivity index (χ1v) is 9.03. The van der Waals surface area contributed by atoms with Crippen molar-refractivity contribution in [2.75, 3.05) is 10.6 Å². The molecule has 0 aliphatic rings. The van der Waals surface area contributed by atoms with Crippen LogP contribution in [0.5, 0.6) is 0 Å². The van der Waals surface area contributed by atoms with Gasteiger partial charge in [0.25, 0.3) is 5.91 Å². The molecule has 1 unspecified atom stereocenters. The Morgan fingerprint density at radius 1 is 1.03 bits per heavy atom. The minimum absolute atomic E-state index is 0.187. The van der Waals surface area contributed by atoms with Crippen molar-refractivity contribution in [2.24, 2.45) is 0 Å². The van der Waals surface area contributed by atoms with Crippen LogP contribution < -0.4 is 10.6 Å². The molecule has 2 heterocycles. The van der Waals surface area contributed by atoms with Gasteiger partial charge >= 0.3 is 0 Å². The molecule has 152 valence electrons. The van der Waals surface area contributed by atoms with E-state index in [1.54, 1.807) is 25.3 Å². The molecular weight excluding hydrogens is 395 g/mol. The molecule has 4 aromatic rings. The Balaban J connectivity index is 1.58. The summed E-state index contributed by atoms with van der Waals surface area (Å²) in [6.07, 6.45) is 2.95. The van der Waals surface area contributed by atoms with E-state index in [9.17, 15) is 18.0 Å². The van der Waals surface area contributed by atoms with Crippen molar-refractivity contribution >= 4 is 23.1 Å². The van der Waals surface area contributed by atoms with E-state index in [1.165, 1.54) is 41.0 Å². The molecule has 0 saturated heterocycles. The van der Waals surface area contributed by atoms with Crippen LogP contribution in [0.25, 0.3) is 5.65 Å². The Bertz CT molecular complexity index is 1220. The number of anilines is 2.